The quantitative estimate of drug-likeness (QED) is 0.547. The van der Waals surface area contributed by atoms with Crippen molar-refractivity contribution in [3.8, 4) is 0 Å². The molecule has 0 nitrogen and oxygen atoms in total. The molecule has 0 radical (unpaired) electrons. The lowest BCUT2D eigenvalue weighted by molar-refractivity contribution is 0.470. The largest absolute Gasteiger partial charge is 0.0856 e. The summed E-state index contributed by atoms with van der Waals surface area (Å²) in [6, 6.07) is 0. The third-order valence-electron chi connectivity index (χ3n) is 2.87. The summed E-state index contributed by atoms with van der Waals surface area (Å²) in [5.41, 5.74) is 3.06. The van der Waals surface area contributed by atoms with Gasteiger partial charge in [-0.15, -0.1) is 0 Å². The van der Waals surface area contributed by atoms with Crippen LogP contribution in [0.3, 0.4) is 0 Å². The molecule has 1 rings (SSSR count). The Bertz CT molecular complexity index is 204. The summed E-state index contributed by atoms with van der Waals surface area (Å²) in [6.45, 7) is 6.66. The topological polar surface area (TPSA) is 0 Å². The van der Waals surface area contributed by atoms with Crippen LogP contribution in [-0.2, 0) is 0 Å². The second kappa shape index (κ2) is 5.26. The van der Waals surface area contributed by atoms with Crippen LogP contribution in [0.1, 0.15) is 52.9 Å². The van der Waals surface area contributed by atoms with E-state index in [4.69, 9.17) is 0 Å². The van der Waals surface area contributed by atoms with Crippen molar-refractivity contribution < 1.29 is 0 Å². The maximum Gasteiger partial charge on any atom is -0.0320 e. The highest BCUT2D eigenvalue weighted by Gasteiger charge is 2.09. The van der Waals surface area contributed by atoms with Crippen molar-refractivity contribution in [3.05, 3.63) is 23.3 Å². The molecular weight excluding hydrogens is 156 g/mol. The van der Waals surface area contributed by atoms with E-state index >= 15 is 0 Å². The summed E-state index contributed by atoms with van der Waals surface area (Å²) in [4.78, 5) is 0. The fourth-order valence-electron chi connectivity index (χ4n) is 1.88. The van der Waals surface area contributed by atoms with Crippen LogP contribution in [-0.4, -0.2) is 0 Å². The average Bonchev–Trinajstić information content (AvgIpc) is 2.27. The SMILES string of the molecule is CC(C)=CCC1CCC=C(C)CC1. The highest BCUT2D eigenvalue weighted by Crippen LogP contribution is 2.25. The maximum absolute atomic E-state index is 2.42. The van der Waals surface area contributed by atoms with Crippen LogP contribution in [0.25, 0.3) is 0 Å². The second-order valence-electron chi connectivity index (χ2n) is 4.55. The van der Waals surface area contributed by atoms with Gasteiger partial charge in [-0.3, -0.25) is 0 Å². The summed E-state index contributed by atoms with van der Waals surface area (Å²) < 4.78 is 0. The van der Waals surface area contributed by atoms with E-state index in [2.05, 4.69) is 32.9 Å². The average molecular weight is 178 g/mol. The van der Waals surface area contributed by atoms with Gasteiger partial charge < -0.3 is 0 Å². The Kier molecular flexibility index (Phi) is 4.27. The molecule has 0 heteroatoms. The molecule has 0 amide bonds. The van der Waals surface area contributed by atoms with E-state index in [1.807, 2.05) is 0 Å². The lowest BCUT2D eigenvalue weighted by Crippen LogP contribution is -1.97. The highest BCUT2D eigenvalue weighted by molar-refractivity contribution is 5.02. The zero-order valence-corrected chi connectivity index (χ0v) is 9.27. The van der Waals surface area contributed by atoms with Gasteiger partial charge in [0.25, 0.3) is 0 Å². The second-order valence-corrected chi connectivity index (χ2v) is 4.55. The molecule has 0 saturated carbocycles. The summed E-state index contributed by atoms with van der Waals surface area (Å²) in [5, 5.41) is 0. The minimum absolute atomic E-state index is 0.934. The van der Waals surface area contributed by atoms with Gasteiger partial charge in [0, 0.05) is 0 Å². The maximum atomic E-state index is 2.42. The van der Waals surface area contributed by atoms with Crippen molar-refractivity contribution in [1.29, 1.82) is 0 Å². The smallest absolute Gasteiger partial charge is 0.0320 e. The Balaban J connectivity index is 2.34. The monoisotopic (exact) mass is 178 g/mol. The molecular formula is C13H22. The van der Waals surface area contributed by atoms with Gasteiger partial charge in [0.1, 0.15) is 0 Å². The molecule has 0 aliphatic heterocycles. The van der Waals surface area contributed by atoms with E-state index in [0.717, 1.165) is 5.92 Å². The summed E-state index contributed by atoms with van der Waals surface area (Å²) >= 11 is 0. The molecule has 74 valence electrons. The molecule has 0 aromatic heterocycles. The van der Waals surface area contributed by atoms with E-state index in [1.165, 1.54) is 37.7 Å². The lowest BCUT2D eigenvalue weighted by atomic mass is 9.95. The van der Waals surface area contributed by atoms with E-state index in [-0.39, 0.29) is 0 Å². The van der Waals surface area contributed by atoms with Crippen LogP contribution < -0.4 is 0 Å². The van der Waals surface area contributed by atoms with Crippen molar-refractivity contribution in [2.75, 3.05) is 0 Å². The van der Waals surface area contributed by atoms with Crippen LogP contribution in [0.2, 0.25) is 0 Å². The zero-order valence-electron chi connectivity index (χ0n) is 9.27. The Labute approximate surface area is 82.7 Å². The van der Waals surface area contributed by atoms with Crippen LogP contribution in [0.5, 0.6) is 0 Å². The molecule has 0 bridgehead atoms. The summed E-state index contributed by atoms with van der Waals surface area (Å²) in [7, 11) is 0. The fraction of sp³-hybridized carbons (Fsp3) is 0.692. The molecule has 0 fully saturated rings. The van der Waals surface area contributed by atoms with Gasteiger partial charge in [-0.05, 0) is 58.8 Å². The molecule has 0 N–H and O–H groups in total. The predicted octanol–water partition coefficient (Wildman–Crippen LogP) is 4.48. The minimum atomic E-state index is 0.934. The molecule has 1 aliphatic carbocycles. The molecule has 13 heavy (non-hydrogen) atoms. The Morgan fingerprint density at radius 2 is 2.23 bits per heavy atom. The minimum Gasteiger partial charge on any atom is -0.0856 e. The van der Waals surface area contributed by atoms with Crippen molar-refractivity contribution in [2.45, 2.75) is 52.9 Å². The van der Waals surface area contributed by atoms with Gasteiger partial charge >= 0.3 is 0 Å². The zero-order chi connectivity index (χ0) is 9.68. The van der Waals surface area contributed by atoms with Crippen LogP contribution in [0, 0.1) is 5.92 Å². The Morgan fingerprint density at radius 3 is 2.92 bits per heavy atom. The van der Waals surface area contributed by atoms with Crippen molar-refractivity contribution in [1.82, 2.24) is 0 Å². The van der Waals surface area contributed by atoms with Gasteiger partial charge in [0.2, 0.25) is 0 Å². The molecule has 0 aromatic carbocycles. The number of allylic oxidation sites excluding steroid dienone is 4. The predicted molar refractivity (Wildman–Crippen MR) is 59.8 cm³/mol. The highest BCUT2D eigenvalue weighted by atomic mass is 14.1. The van der Waals surface area contributed by atoms with E-state index in [9.17, 15) is 0 Å². The normalized spacial score (nSPS) is 23.3. The summed E-state index contributed by atoms with van der Waals surface area (Å²) in [6.07, 6.45) is 11.5. The number of rotatable bonds is 2. The van der Waals surface area contributed by atoms with Gasteiger partial charge in [-0.1, -0.05) is 23.3 Å². The van der Waals surface area contributed by atoms with E-state index in [0.29, 0.717) is 0 Å². The third kappa shape index (κ3) is 4.31. The van der Waals surface area contributed by atoms with Gasteiger partial charge in [-0.25, -0.2) is 0 Å². The Morgan fingerprint density at radius 1 is 1.46 bits per heavy atom. The molecule has 0 aromatic rings. The van der Waals surface area contributed by atoms with Crippen molar-refractivity contribution >= 4 is 0 Å². The van der Waals surface area contributed by atoms with Crippen LogP contribution in [0.15, 0.2) is 23.3 Å². The first-order chi connectivity index (χ1) is 6.18. The van der Waals surface area contributed by atoms with Gasteiger partial charge in [0.05, 0.1) is 0 Å². The number of hydrogen-bond donors (Lipinski definition) is 0. The van der Waals surface area contributed by atoms with Crippen LogP contribution >= 0.6 is 0 Å². The van der Waals surface area contributed by atoms with Crippen molar-refractivity contribution in [3.63, 3.8) is 0 Å². The first-order valence-electron chi connectivity index (χ1n) is 5.47. The molecule has 1 aliphatic rings. The molecule has 1 atom stereocenters. The number of hydrogen-bond acceptors (Lipinski definition) is 0. The summed E-state index contributed by atoms with van der Waals surface area (Å²) in [5.74, 6) is 0.934. The lowest BCUT2D eigenvalue weighted by Gasteiger charge is -2.11. The first kappa shape index (κ1) is 10.6. The standard InChI is InChI=1S/C13H22/c1-11(2)7-9-13-6-4-5-12(3)8-10-13/h5,7,13H,4,6,8-10H2,1-3H3. The van der Waals surface area contributed by atoms with Gasteiger partial charge in [0.15, 0.2) is 0 Å². The fourth-order valence-corrected chi connectivity index (χ4v) is 1.88. The molecule has 1 unspecified atom stereocenters. The van der Waals surface area contributed by atoms with Gasteiger partial charge in [-0.2, -0.15) is 0 Å². The van der Waals surface area contributed by atoms with E-state index in [1.54, 1.807) is 5.57 Å². The molecule has 0 heterocycles. The molecule has 0 saturated heterocycles. The first-order valence-corrected chi connectivity index (χ1v) is 5.47. The third-order valence-corrected chi connectivity index (χ3v) is 2.87. The van der Waals surface area contributed by atoms with E-state index < -0.39 is 0 Å². The van der Waals surface area contributed by atoms with Crippen molar-refractivity contribution in [2.24, 2.45) is 5.92 Å². The van der Waals surface area contributed by atoms with Crippen LogP contribution in [0.4, 0.5) is 0 Å². The Hall–Kier alpha value is -0.520. The molecule has 0 spiro atoms.